The molecule has 0 bridgehead atoms. The second kappa shape index (κ2) is 4.72. The van der Waals surface area contributed by atoms with Gasteiger partial charge in [-0.05, 0) is 6.92 Å². The van der Waals surface area contributed by atoms with Gasteiger partial charge in [-0.3, -0.25) is 9.78 Å². The molecule has 10 heteroatoms. The Morgan fingerprint density at radius 3 is 2.57 bits per heavy atom. The van der Waals surface area contributed by atoms with Crippen LogP contribution in [-0.2, 0) is 4.79 Å². The van der Waals surface area contributed by atoms with Gasteiger partial charge in [0.15, 0.2) is 0 Å². The first-order chi connectivity index (χ1) is 9.67. The van der Waals surface area contributed by atoms with Gasteiger partial charge in [0.2, 0.25) is 5.54 Å². The highest BCUT2D eigenvalue weighted by Crippen LogP contribution is 2.30. The van der Waals surface area contributed by atoms with Gasteiger partial charge in [-0.1, -0.05) is 0 Å². The minimum Gasteiger partial charge on any atom is -0.479 e. The van der Waals surface area contributed by atoms with E-state index in [1.807, 2.05) is 0 Å². The summed E-state index contributed by atoms with van der Waals surface area (Å²) in [6.45, 7) is 0.372. The van der Waals surface area contributed by atoms with Gasteiger partial charge in [0.05, 0.1) is 23.5 Å². The van der Waals surface area contributed by atoms with E-state index in [-0.39, 0.29) is 11.1 Å². The number of carbonyl (C=O) groups is 2. The first-order valence-electron chi connectivity index (χ1n) is 5.57. The molecule has 2 aromatic rings. The average molecular weight is 302 g/mol. The predicted octanol–water partition coefficient (Wildman–Crippen LogP) is 0.865. The summed E-state index contributed by atoms with van der Waals surface area (Å²) in [4.78, 5) is 26.5. The van der Waals surface area contributed by atoms with Crippen molar-refractivity contribution in [3.8, 4) is 0 Å². The fraction of sp³-hybridized carbons (Fsp3) is 0.273. The zero-order valence-electron chi connectivity index (χ0n) is 10.5. The maximum absolute atomic E-state index is 12.8. The van der Waals surface area contributed by atoms with Crippen LogP contribution in [0.2, 0.25) is 0 Å². The third-order valence-corrected chi connectivity index (χ3v) is 2.93. The largest absolute Gasteiger partial charge is 0.479 e. The Hall–Kier alpha value is -2.65. The molecule has 2 rings (SSSR count). The highest BCUT2D eigenvalue weighted by Gasteiger charge is 2.58. The second-order valence-corrected chi connectivity index (χ2v) is 4.35. The van der Waals surface area contributed by atoms with E-state index < -0.39 is 23.6 Å². The molecule has 2 heterocycles. The number of nitrogens with zero attached hydrogens (tertiary/aromatic N) is 3. The van der Waals surface area contributed by atoms with Crippen LogP contribution in [0.25, 0.3) is 5.52 Å². The minimum atomic E-state index is -5.16. The molecule has 0 aromatic carbocycles. The Kier molecular flexibility index (Phi) is 3.32. The number of nitrogens with one attached hydrogen (secondary N) is 1. The van der Waals surface area contributed by atoms with Crippen LogP contribution in [0.15, 0.2) is 24.8 Å². The Morgan fingerprint density at radius 2 is 2.00 bits per heavy atom. The summed E-state index contributed by atoms with van der Waals surface area (Å²) in [6.07, 6.45) is -0.126. The smallest absolute Gasteiger partial charge is 0.422 e. The molecule has 0 aliphatic carbocycles. The van der Waals surface area contributed by atoms with E-state index in [0.717, 1.165) is 6.20 Å². The van der Waals surface area contributed by atoms with Crippen molar-refractivity contribution in [3.05, 3.63) is 30.4 Å². The molecule has 0 fully saturated rings. The average Bonchev–Trinajstić information content (AvgIpc) is 2.80. The highest BCUT2D eigenvalue weighted by molar-refractivity contribution is 6.02. The molecule has 112 valence electrons. The summed E-state index contributed by atoms with van der Waals surface area (Å²) >= 11 is 0. The summed E-state index contributed by atoms with van der Waals surface area (Å²) in [5, 5.41) is 14.0. The van der Waals surface area contributed by atoms with E-state index in [9.17, 15) is 22.8 Å². The zero-order valence-corrected chi connectivity index (χ0v) is 10.5. The lowest BCUT2D eigenvalue weighted by Crippen LogP contribution is -2.61. The third kappa shape index (κ3) is 2.39. The highest BCUT2D eigenvalue weighted by atomic mass is 19.4. The number of alkyl halides is 3. The molecule has 0 aliphatic heterocycles. The van der Waals surface area contributed by atoms with Crippen LogP contribution in [-0.4, -0.2) is 43.3 Å². The molecule has 1 unspecified atom stereocenters. The van der Waals surface area contributed by atoms with Crippen molar-refractivity contribution in [2.45, 2.75) is 18.6 Å². The van der Waals surface area contributed by atoms with Gasteiger partial charge in [-0.15, -0.1) is 0 Å². The van der Waals surface area contributed by atoms with E-state index in [2.05, 4.69) is 10.1 Å². The number of aromatic nitrogens is 3. The van der Waals surface area contributed by atoms with Gasteiger partial charge < -0.3 is 10.4 Å². The molecule has 0 saturated carbocycles. The lowest BCUT2D eigenvalue weighted by molar-refractivity contribution is -0.203. The Morgan fingerprint density at radius 1 is 1.33 bits per heavy atom. The maximum atomic E-state index is 12.8. The molecule has 0 aliphatic rings. The van der Waals surface area contributed by atoms with Crippen molar-refractivity contribution in [1.29, 1.82) is 0 Å². The summed E-state index contributed by atoms with van der Waals surface area (Å²) in [5.74, 6) is -3.42. The monoisotopic (exact) mass is 302 g/mol. The van der Waals surface area contributed by atoms with Crippen LogP contribution in [0.3, 0.4) is 0 Å². The zero-order chi connectivity index (χ0) is 15.8. The molecule has 1 atom stereocenters. The van der Waals surface area contributed by atoms with Crippen molar-refractivity contribution in [2.24, 2.45) is 0 Å². The lowest BCUT2D eigenvalue weighted by atomic mass is 10.0. The van der Waals surface area contributed by atoms with Crippen LogP contribution in [0.5, 0.6) is 0 Å². The van der Waals surface area contributed by atoms with Gasteiger partial charge in [0.1, 0.15) is 0 Å². The van der Waals surface area contributed by atoms with Crippen LogP contribution in [0.4, 0.5) is 13.2 Å². The van der Waals surface area contributed by atoms with Gasteiger partial charge in [-0.25, -0.2) is 9.31 Å². The number of fused-ring (bicyclic) bond motifs is 1. The SMILES string of the molecule is CC(NC(=O)c1cnn2ccncc12)(C(=O)O)C(F)(F)F. The first-order valence-corrected chi connectivity index (χ1v) is 5.57. The van der Waals surface area contributed by atoms with E-state index in [1.165, 1.54) is 28.4 Å². The number of carboxylic acid groups (broad SMARTS) is 1. The van der Waals surface area contributed by atoms with Crippen molar-refractivity contribution in [1.82, 2.24) is 19.9 Å². The van der Waals surface area contributed by atoms with Crippen LogP contribution >= 0.6 is 0 Å². The van der Waals surface area contributed by atoms with Crippen molar-refractivity contribution < 1.29 is 27.9 Å². The number of rotatable bonds is 3. The summed E-state index contributed by atoms with van der Waals surface area (Å²) in [6, 6.07) is 0. The molecule has 2 N–H and O–H groups in total. The van der Waals surface area contributed by atoms with Crippen LogP contribution in [0, 0.1) is 0 Å². The standard InChI is InChI=1S/C11H9F3N4O3/c1-10(9(20)21,11(12,13)14)17-8(19)6-4-16-18-3-2-15-5-7(6)18/h2-5H,1H3,(H,17,19)(H,20,21). The van der Waals surface area contributed by atoms with Gasteiger partial charge >= 0.3 is 12.1 Å². The predicted molar refractivity (Wildman–Crippen MR) is 62.5 cm³/mol. The minimum absolute atomic E-state index is 0.157. The fourth-order valence-corrected chi connectivity index (χ4v) is 1.55. The Balaban J connectivity index is 2.39. The molecule has 1 amide bonds. The van der Waals surface area contributed by atoms with Crippen LogP contribution in [0.1, 0.15) is 17.3 Å². The normalized spacial score (nSPS) is 14.7. The Bertz CT molecular complexity index is 712. The van der Waals surface area contributed by atoms with Crippen molar-refractivity contribution in [3.63, 3.8) is 0 Å². The number of halogens is 3. The summed E-state index contributed by atoms with van der Waals surface area (Å²) < 4.78 is 39.8. The van der Waals surface area contributed by atoms with E-state index >= 15 is 0 Å². The van der Waals surface area contributed by atoms with E-state index in [4.69, 9.17) is 5.11 Å². The molecular formula is C11H9F3N4O3. The molecule has 21 heavy (non-hydrogen) atoms. The summed E-state index contributed by atoms with van der Waals surface area (Å²) in [7, 11) is 0. The lowest BCUT2D eigenvalue weighted by Gasteiger charge is -2.28. The Labute approximate surface area is 115 Å². The topological polar surface area (TPSA) is 96.6 Å². The third-order valence-electron chi connectivity index (χ3n) is 2.93. The molecule has 0 radical (unpaired) electrons. The van der Waals surface area contributed by atoms with Gasteiger partial charge in [0.25, 0.3) is 5.91 Å². The fourth-order valence-electron chi connectivity index (χ4n) is 1.55. The molecule has 0 saturated heterocycles. The quantitative estimate of drug-likeness (QED) is 0.876. The second-order valence-electron chi connectivity index (χ2n) is 4.35. The molecule has 7 nitrogen and oxygen atoms in total. The molecule has 0 spiro atoms. The van der Waals surface area contributed by atoms with Crippen molar-refractivity contribution >= 4 is 17.4 Å². The molecular weight excluding hydrogens is 293 g/mol. The van der Waals surface area contributed by atoms with E-state index in [0.29, 0.717) is 6.92 Å². The van der Waals surface area contributed by atoms with Crippen LogP contribution < -0.4 is 5.32 Å². The number of amides is 1. The number of aliphatic carboxylic acids is 1. The number of hydrogen-bond acceptors (Lipinski definition) is 4. The van der Waals surface area contributed by atoms with E-state index in [1.54, 1.807) is 0 Å². The maximum Gasteiger partial charge on any atom is 0.422 e. The number of carbonyl (C=O) groups excluding carboxylic acids is 1. The molecule has 2 aromatic heterocycles. The number of hydrogen-bond donors (Lipinski definition) is 2. The first kappa shape index (κ1) is 14.8. The van der Waals surface area contributed by atoms with Gasteiger partial charge in [-0.2, -0.15) is 18.3 Å². The van der Waals surface area contributed by atoms with Gasteiger partial charge in [0, 0.05) is 12.4 Å². The summed E-state index contributed by atoms with van der Waals surface area (Å²) in [5.41, 5.74) is -3.45. The number of carboxylic acids is 1. The van der Waals surface area contributed by atoms with Crippen molar-refractivity contribution in [2.75, 3.05) is 0 Å².